The summed E-state index contributed by atoms with van der Waals surface area (Å²) >= 11 is 0. The van der Waals surface area contributed by atoms with E-state index in [-0.39, 0.29) is 6.10 Å². The maximum Gasteiger partial charge on any atom is 0.0801 e. The summed E-state index contributed by atoms with van der Waals surface area (Å²) in [4.78, 5) is 0. The Kier molecular flexibility index (Phi) is 4.74. The fourth-order valence-corrected chi connectivity index (χ4v) is 1.41. The number of rotatable bonds is 7. The van der Waals surface area contributed by atoms with Gasteiger partial charge in [-0.25, -0.2) is 0 Å². The lowest BCUT2D eigenvalue weighted by molar-refractivity contribution is 0.0235. The van der Waals surface area contributed by atoms with Crippen molar-refractivity contribution in [1.29, 1.82) is 0 Å². The summed E-state index contributed by atoms with van der Waals surface area (Å²) < 4.78 is 5.40. The van der Waals surface area contributed by atoms with Gasteiger partial charge in [0.2, 0.25) is 0 Å². The smallest absolute Gasteiger partial charge is 0.0801 e. The van der Waals surface area contributed by atoms with Crippen molar-refractivity contribution in [1.82, 2.24) is 0 Å². The largest absolute Gasteiger partial charge is 0.390 e. The van der Waals surface area contributed by atoms with Crippen LogP contribution in [-0.2, 0) is 4.74 Å². The Morgan fingerprint density at radius 2 is 2.08 bits per heavy atom. The standard InChI is InChI=1S/C11H22O2/c1-9(2)4-3-7-13-8-11(12)10-5-6-10/h9-12H,3-8H2,1-2H3. The van der Waals surface area contributed by atoms with E-state index in [1.165, 1.54) is 19.3 Å². The highest BCUT2D eigenvalue weighted by atomic mass is 16.5. The highest BCUT2D eigenvalue weighted by molar-refractivity contribution is 4.80. The first-order valence-corrected chi connectivity index (χ1v) is 5.46. The summed E-state index contributed by atoms with van der Waals surface area (Å²) in [5, 5.41) is 9.47. The summed E-state index contributed by atoms with van der Waals surface area (Å²) in [5.41, 5.74) is 0. The van der Waals surface area contributed by atoms with Crippen LogP contribution in [0.15, 0.2) is 0 Å². The maximum absolute atomic E-state index is 9.47. The molecule has 13 heavy (non-hydrogen) atoms. The van der Waals surface area contributed by atoms with Crippen LogP contribution in [0.4, 0.5) is 0 Å². The van der Waals surface area contributed by atoms with Gasteiger partial charge in [-0.2, -0.15) is 0 Å². The normalized spacial score (nSPS) is 19.4. The van der Waals surface area contributed by atoms with Gasteiger partial charge in [-0.05, 0) is 37.5 Å². The van der Waals surface area contributed by atoms with Crippen LogP contribution in [0.2, 0.25) is 0 Å². The fraction of sp³-hybridized carbons (Fsp3) is 1.00. The van der Waals surface area contributed by atoms with Crippen molar-refractivity contribution in [3.05, 3.63) is 0 Å². The summed E-state index contributed by atoms with van der Waals surface area (Å²) in [6.07, 6.45) is 4.53. The minimum Gasteiger partial charge on any atom is -0.390 e. The van der Waals surface area contributed by atoms with E-state index in [9.17, 15) is 5.11 Å². The van der Waals surface area contributed by atoms with Gasteiger partial charge in [0.05, 0.1) is 12.7 Å². The first-order chi connectivity index (χ1) is 6.20. The average molecular weight is 186 g/mol. The Balaban J connectivity index is 1.83. The quantitative estimate of drug-likeness (QED) is 0.618. The van der Waals surface area contributed by atoms with Gasteiger partial charge < -0.3 is 9.84 Å². The van der Waals surface area contributed by atoms with E-state index in [4.69, 9.17) is 4.74 Å². The summed E-state index contributed by atoms with van der Waals surface area (Å²) in [7, 11) is 0. The number of hydrogen-bond acceptors (Lipinski definition) is 2. The van der Waals surface area contributed by atoms with Gasteiger partial charge in [-0.3, -0.25) is 0 Å². The number of aliphatic hydroxyl groups is 1. The maximum atomic E-state index is 9.47. The monoisotopic (exact) mass is 186 g/mol. The Labute approximate surface area is 81.3 Å². The number of hydrogen-bond donors (Lipinski definition) is 1. The second kappa shape index (κ2) is 5.61. The van der Waals surface area contributed by atoms with E-state index in [0.717, 1.165) is 18.9 Å². The van der Waals surface area contributed by atoms with E-state index in [1.807, 2.05) is 0 Å². The molecule has 1 fully saturated rings. The molecule has 0 aromatic heterocycles. The van der Waals surface area contributed by atoms with Crippen molar-refractivity contribution in [2.45, 2.75) is 45.6 Å². The zero-order chi connectivity index (χ0) is 9.68. The van der Waals surface area contributed by atoms with E-state index in [2.05, 4.69) is 13.8 Å². The van der Waals surface area contributed by atoms with Crippen LogP contribution in [0.5, 0.6) is 0 Å². The van der Waals surface area contributed by atoms with Crippen LogP contribution in [0.25, 0.3) is 0 Å². The molecule has 1 rings (SSSR count). The molecule has 1 aliphatic carbocycles. The van der Waals surface area contributed by atoms with Crippen molar-refractivity contribution in [3.63, 3.8) is 0 Å². The molecule has 0 amide bonds. The second-order valence-corrected chi connectivity index (χ2v) is 4.52. The van der Waals surface area contributed by atoms with Gasteiger partial charge in [0.1, 0.15) is 0 Å². The van der Waals surface area contributed by atoms with Crippen LogP contribution in [0.3, 0.4) is 0 Å². The zero-order valence-electron chi connectivity index (χ0n) is 8.83. The molecule has 78 valence electrons. The molecule has 0 heterocycles. The van der Waals surface area contributed by atoms with Gasteiger partial charge in [0, 0.05) is 6.61 Å². The molecule has 1 unspecified atom stereocenters. The van der Waals surface area contributed by atoms with E-state index in [0.29, 0.717) is 12.5 Å². The van der Waals surface area contributed by atoms with Crippen molar-refractivity contribution < 1.29 is 9.84 Å². The van der Waals surface area contributed by atoms with Gasteiger partial charge >= 0.3 is 0 Å². The van der Waals surface area contributed by atoms with Crippen LogP contribution in [-0.4, -0.2) is 24.4 Å². The fourth-order valence-electron chi connectivity index (χ4n) is 1.41. The van der Waals surface area contributed by atoms with Gasteiger partial charge in [-0.1, -0.05) is 13.8 Å². The molecule has 0 aromatic carbocycles. The first-order valence-electron chi connectivity index (χ1n) is 5.46. The molecule has 2 heteroatoms. The third kappa shape index (κ3) is 5.27. The molecule has 1 saturated carbocycles. The lowest BCUT2D eigenvalue weighted by Crippen LogP contribution is -2.17. The molecule has 0 aromatic rings. The molecule has 0 saturated heterocycles. The molecular weight excluding hydrogens is 164 g/mol. The molecule has 1 aliphatic rings. The Morgan fingerprint density at radius 3 is 2.62 bits per heavy atom. The minimum absolute atomic E-state index is 0.195. The molecule has 0 spiro atoms. The highest BCUT2D eigenvalue weighted by Crippen LogP contribution is 2.32. The second-order valence-electron chi connectivity index (χ2n) is 4.52. The Morgan fingerprint density at radius 1 is 1.38 bits per heavy atom. The van der Waals surface area contributed by atoms with Crippen LogP contribution in [0, 0.1) is 11.8 Å². The van der Waals surface area contributed by atoms with Gasteiger partial charge in [0.25, 0.3) is 0 Å². The van der Waals surface area contributed by atoms with E-state index < -0.39 is 0 Å². The van der Waals surface area contributed by atoms with Gasteiger partial charge in [-0.15, -0.1) is 0 Å². The van der Waals surface area contributed by atoms with Crippen molar-refractivity contribution in [3.8, 4) is 0 Å². The highest BCUT2D eigenvalue weighted by Gasteiger charge is 2.29. The van der Waals surface area contributed by atoms with Crippen molar-refractivity contribution in [2.75, 3.05) is 13.2 Å². The van der Waals surface area contributed by atoms with Crippen LogP contribution < -0.4 is 0 Å². The molecule has 0 bridgehead atoms. The number of ether oxygens (including phenoxy) is 1. The first kappa shape index (κ1) is 11.0. The third-order valence-electron chi connectivity index (χ3n) is 2.52. The van der Waals surface area contributed by atoms with E-state index >= 15 is 0 Å². The third-order valence-corrected chi connectivity index (χ3v) is 2.52. The van der Waals surface area contributed by atoms with Crippen molar-refractivity contribution in [2.24, 2.45) is 11.8 Å². The summed E-state index contributed by atoms with van der Waals surface area (Å²) in [6.45, 7) is 5.79. The molecule has 0 aliphatic heterocycles. The Hall–Kier alpha value is -0.0800. The molecule has 1 N–H and O–H groups in total. The molecular formula is C11H22O2. The summed E-state index contributed by atoms with van der Waals surface area (Å²) in [5.74, 6) is 1.31. The Bertz CT molecular complexity index is 130. The summed E-state index contributed by atoms with van der Waals surface area (Å²) in [6, 6.07) is 0. The van der Waals surface area contributed by atoms with E-state index in [1.54, 1.807) is 0 Å². The zero-order valence-corrected chi connectivity index (χ0v) is 8.83. The molecule has 0 radical (unpaired) electrons. The minimum atomic E-state index is -0.195. The average Bonchev–Trinajstić information content (AvgIpc) is 2.85. The van der Waals surface area contributed by atoms with Crippen LogP contribution >= 0.6 is 0 Å². The predicted molar refractivity (Wildman–Crippen MR) is 53.6 cm³/mol. The number of aliphatic hydroxyl groups excluding tert-OH is 1. The lowest BCUT2D eigenvalue weighted by atomic mass is 10.1. The SMILES string of the molecule is CC(C)CCCOCC(O)C1CC1. The molecule has 1 atom stereocenters. The lowest BCUT2D eigenvalue weighted by Gasteiger charge is -2.10. The molecule has 2 nitrogen and oxygen atoms in total. The van der Waals surface area contributed by atoms with Crippen LogP contribution in [0.1, 0.15) is 39.5 Å². The van der Waals surface area contributed by atoms with Gasteiger partial charge in [0.15, 0.2) is 0 Å². The van der Waals surface area contributed by atoms with Crippen molar-refractivity contribution >= 4 is 0 Å². The topological polar surface area (TPSA) is 29.5 Å². The predicted octanol–water partition coefficient (Wildman–Crippen LogP) is 2.21.